The van der Waals surface area contributed by atoms with Crippen molar-refractivity contribution in [3.63, 3.8) is 0 Å². The van der Waals surface area contributed by atoms with Gasteiger partial charge >= 0.3 is 5.97 Å². The van der Waals surface area contributed by atoms with Crippen molar-refractivity contribution in [2.24, 2.45) is 0 Å². The number of carbonyl (C=O) groups is 3. The average molecular weight is 416 g/mol. The second kappa shape index (κ2) is 10.2. The summed E-state index contributed by atoms with van der Waals surface area (Å²) in [5.74, 6) is -0.486. The maximum absolute atomic E-state index is 12.4. The summed E-state index contributed by atoms with van der Waals surface area (Å²) in [4.78, 5) is 35.7. The highest BCUT2D eigenvalue weighted by molar-refractivity contribution is 6.04. The zero-order chi connectivity index (χ0) is 22.2. The fourth-order valence-electron chi connectivity index (χ4n) is 3.05. The van der Waals surface area contributed by atoms with Crippen LogP contribution in [0.3, 0.4) is 0 Å². The van der Waals surface area contributed by atoms with E-state index in [1.807, 2.05) is 43.3 Å². The van der Waals surface area contributed by atoms with E-state index in [0.29, 0.717) is 30.0 Å². The fraction of sp³-hybridized carbons (Fsp3) is 0.160. The van der Waals surface area contributed by atoms with Crippen molar-refractivity contribution >= 4 is 23.5 Å². The first kappa shape index (κ1) is 21.8. The largest absolute Gasteiger partial charge is 0.427 e. The maximum Gasteiger partial charge on any atom is 0.308 e. The van der Waals surface area contributed by atoms with Gasteiger partial charge in [0, 0.05) is 24.7 Å². The van der Waals surface area contributed by atoms with E-state index in [9.17, 15) is 14.4 Å². The second-order valence-electron chi connectivity index (χ2n) is 7.22. The van der Waals surface area contributed by atoms with Crippen LogP contribution in [-0.2, 0) is 22.6 Å². The Morgan fingerprint density at radius 3 is 2.32 bits per heavy atom. The number of rotatable bonds is 7. The third-order valence-electron chi connectivity index (χ3n) is 4.51. The number of anilines is 1. The molecule has 6 nitrogen and oxygen atoms in total. The molecule has 2 N–H and O–H groups in total. The molecule has 0 bridgehead atoms. The zero-order valence-electron chi connectivity index (χ0n) is 17.5. The number of hydrogen-bond donors (Lipinski definition) is 2. The molecule has 0 aliphatic rings. The van der Waals surface area contributed by atoms with Gasteiger partial charge in [0.15, 0.2) is 0 Å². The minimum atomic E-state index is -0.445. The van der Waals surface area contributed by atoms with Gasteiger partial charge in [-0.15, -0.1) is 0 Å². The van der Waals surface area contributed by atoms with Crippen LogP contribution in [0.1, 0.15) is 34.0 Å². The number of amides is 2. The summed E-state index contributed by atoms with van der Waals surface area (Å²) in [6, 6.07) is 21.5. The molecule has 0 saturated carbocycles. The summed E-state index contributed by atoms with van der Waals surface area (Å²) < 4.78 is 5.01. The van der Waals surface area contributed by atoms with E-state index in [1.165, 1.54) is 13.0 Å². The molecule has 0 saturated heterocycles. The molecule has 0 aromatic heterocycles. The Hall–Kier alpha value is -3.93. The monoisotopic (exact) mass is 416 g/mol. The Labute approximate surface area is 181 Å². The standard InChI is InChI=1S/C25H24N2O4/c1-17-5-3-6-20(13-17)14-24(29)26-16-19-9-11-22(12-10-19)27-25(30)21-7-4-8-23(15-21)31-18(2)28/h3-13,15H,14,16H2,1-2H3,(H,26,29)(H,27,30). The number of benzene rings is 3. The van der Waals surface area contributed by atoms with E-state index in [0.717, 1.165) is 16.7 Å². The minimum absolute atomic E-state index is 0.0457. The number of nitrogens with one attached hydrogen (secondary N) is 2. The van der Waals surface area contributed by atoms with Gasteiger partial charge in [0.25, 0.3) is 5.91 Å². The van der Waals surface area contributed by atoms with E-state index in [4.69, 9.17) is 4.74 Å². The van der Waals surface area contributed by atoms with E-state index in [1.54, 1.807) is 30.3 Å². The molecule has 0 heterocycles. The van der Waals surface area contributed by atoms with Gasteiger partial charge in [-0.2, -0.15) is 0 Å². The molecule has 2 amide bonds. The summed E-state index contributed by atoms with van der Waals surface area (Å²) in [6.07, 6.45) is 0.336. The number of carbonyl (C=O) groups excluding carboxylic acids is 3. The lowest BCUT2D eigenvalue weighted by molar-refractivity contribution is -0.131. The molecule has 31 heavy (non-hydrogen) atoms. The Morgan fingerprint density at radius 2 is 1.61 bits per heavy atom. The number of esters is 1. The number of ether oxygens (including phenoxy) is 1. The lowest BCUT2D eigenvalue weighted by atomic mass is 10.1. The third kappa shape index (κ3) is 6.82. The number of hydrogen-bond acceptors (Lipinski definition) is 4. The summed E-state index contributed by atoms with van der Waals surface area (Å²) in [6.45, 7) is 3.71. The van der Waals surface area contributed by atoms with Crippen LogP contribution in [-0.4, -0.2) is 17.8 Å². The van der Waals surface area contributed by atoms with Gasteiger partial charge in [-0.3, -0.25) is 14.4 Å². The summed E-state index contributed by atoms with van der Waals surface area (Å²) in [7, 11) is 0. The molecule has 0 radical (unpaired) electrons. The SMILES string of the molecule is CC(=O)Oc1cccc(C(=O)Nc2ccc(CNC(=O)Cc3cccc(C)c3)cc2)c1. The van der Waals surface area contributed by atoms with Crippen molar-refractivity contribution in [2.45, 2.75) is 26.8 Å². The summed E-state index contributed by atoms with van der Waals surface area (Å²) in [5.41, 5.74) is 4.03. The Morgan fingerprint density at radius 1 is 0.871 bits per heavy atom. The van der Waals surface area contributed by atoms with Gasteiger partial charge < -0.3 is 15.4 Å². The van der Waals surface area contributed by atoms with Gasteiger partial charge in [-0.05, 0) is 48.4 Å². The van der Waals surface area contributed by atoms with Crippen LogP contribution < -0.4 is 15.4 Å². The molecule has 0 spiro atoms. The molecule has 3 rings (SSSR count). The molecule has 3 aromatic rings. The van der Waals surface area contributed by atoms with Crippen molar-refractivity contribution in [3.05, 3.63) is 95.1 Å². The molecule has 6 heteroatoms. The van der Waals surface area contributed by atoms with Crippen molar-refractivity contribution in [2.75, 3.05) is 5.32 Å². The second-order valence-corrected chi connectivity index (χ2v) is 7.22. The predicted octanol–water partition coefficient (Wildman–Crippen LogP) is 4.03. The van der Waals surface area contributed by atoms with Crippen molar-refractivity contribution in [3.8, 4) is 5.75 Å². The third-order valence-corrected chi connectivity index (χ3v) is 4.51. The molecule has 0 unspecified atom stereocenters. The fourth-order valence-corrected chi connectivity index (χ4v) is 3.05. The molecule has 3 aromatic carbocycles. The Kier molecular flexibility index (Phi) is 7.17. The normalized spacial score (nSPS) is 10.3. The molecule has 0 atom stereocenters. The van der Waals surface area contributed by atoms with Gasteiger partial charge in [-0.1, -0.05) is 48.0 Å². The van der Waals surface area contributed by atoms with Crippen LogP contribution in [0.15, 0.2) is 72.8 Å². The van der Waals surface area contributed by atoms with Crippen LogP contribution in [0.2, 0.25) is 0 Å². The van der Waals surface area contributed by atoms with Crippen molar-refractivity contribution < 1.29 is 19.1 Å². The molecule has 0 fully saturated rings. The van der Waals surface area contributed by atoms with E-state index < -0.39 is 5.97 Å². The highest BCUT2D eigenvalue weighted by Crippen LogP contribution is 2.16. The zero-order valence-corrected chi connectivity index (χ0v) is 17.5. The highest BCUT2D eigenvalue weighted by atomic mass is 16.5. The van der Waals surface area contributed by atoms with Crippen molar-refractivity contribution in [1.29, 1.82) is 0 Å². The average Bonchev–Trinajstić information content (AvgIpc) is 2.73. The smallest absolute Gasteiger partial charge is 0.308 e. The van der Waals surface area contributed by atoms with Crippen LogP contribution in [0, 0.1) is 6.92 Å². The first-order chi connectivity index (χ1) is 14.9. The molecular weight excluding hydrogens is 392 g/mol. The van der Waals surface area contributed by atoms with Crippen LogP contribution in [0.25, 0.3) is 0 Å². The van der Waals surface area contributed by atoms with Gasteiger partial charge in [0.05, 0.1) is 6.42 Å². The maximum atomic E-state index is 12.4. The molecule has 0 aliphatic heterocycles. The molecule has 0 aliphatic carbocycles. The molecule has 158 valence electrons. The van der Waals surface area contributed by atoms with Crippen LogP contribution in [0.5, 0.6) is 5.75 Å². The lowest BCUT2D eigenvalue weighted by Gasteiger charge is -2.09. The van der Waals surface area contributed by atoms with E-state index in [2.05, 4.69) is 10.6 Å². The predicted molar refractivity (Wildman–Crippen MR) is 119 cm³/mol. The summed E-state index contributed by atoms with van der Waals surface area (Å²) in [5, 5.41) is 5.71. The lowest BCUT2D eigenvalue weighted by Crippen LogP contribution is -2.24. The summed E-state index contributed by atoms with van der Waals surface area (Å²) >= 11 is 0. The van der Waals surface area contributed by atoms with Gasteiger partial charge in [-0.25, -0.2) is 0 Å². The number of aryl methyl sites for hydroxylation is 1. The Bertz CT molecular complexity index is 1090. The molecular formula is C25H24N2O4. The van der Waals surface area contributed by atoms with E-state index in [-0.39, 0.29) is 11.8 Å². The topological polar surface area (TPSA) is 84.5 Å². The first-order valence-electron chi connectivity index (χ1n) is 9.90. The van der Waals surface area contributed by atoms with Crippen LogP contribution in [0.4, 0.5) is 5.69 Å². The van der Waals surface area contributed by atoms with Gasteiger partial charge in [0.2, 0.25) is 5.91 Å². The van der Waals surface area contributed by atoms with Gasteiger partial charge in [0.1, 0.15) is 5.75 Å². The van der Waals surface area contributed by atoms with E-state index >= 15 is 0 Å². The van der Waals surface area contributed by atoms with Crippen LogP contribution >= 0.6 is 0 Å². The quantitative estimate of drug-likeness (QED) is 0.450. The first-order valence-corrected chi connectivity index (χ1v) is 9.90. The Balaban J connectivity index is 1.52. The highest BCUT2D eigenvalue weighted by Gasteiger charge is 2.09. The minimum Gasteiger partial charge on any atom is -0.427 e. The van der Waals surface area contributed by atoms with Crippen molar-refractivity contribution in [1.82, 2.24) is 5.32 Å².